The first kappa shape index (κ1) is 14.5. The molecule has 0 aromatic carbocycles. The molecule has 8 heteroatoms. The molecule has 0 fully saturated rings. The van der Waals surface area contributed by atoms with Gasteiger partial charge >= 0.3 is 0 Å². The number of nitrogens with two attached hydrogens (primary N) is 1. The third-order valence-electron chi connectivity index (χ3n) is 2.76. The van der Waals surface area contributed by atoms with Gasteiger partial charge in [0.1, 0.15) is 5.54 Å². The lowest BCUT2D eigenvalue weighted by molar-refractivity contribution is -0.124. The van der Waals surface area contributed by atoms with Gasteiger partial charge in [-0.2, -0.15) is 5.10 Å². The summed E-state index contributed by atoms with van der Waals surface area (Å²) in [6, 6.07) is 3.26. The molecule has 6 nitrogen and oxygen atoms in total. The van der Waals surface area contributed by atoms with Gasteiger partial charge in [-0.1, -0.05) is 11.6 Å². The van der Waals surface area contributed by atoms with Crippen LogP contribution in [0, 0.1) is 0 Å². The Morgan fingerprint density at radius 3 is 2.85 bits per heavy atom. The predicted molar refractivity (Wildman–Crippen MR) is 76.6 cm³/mol. The van der Waals surface area contributed by atoms with Crippen LogP contribution in [-0.4, -0.2) is 27.1 Å². The van der Waals surface area contributed by atoms with Gasteiger partial charge in [0.05, 0.1) is 16.4 Å². The highest BCUT2D eigenvalue weighted by molar-refractivity contribution is 7.12. The van der Waals surface area contributed by atoms with Crippen molar-refractivity contribution in [1.82, 2.24) is 15.1 Å². The molecule has 0 aliphatic carbocycles. The van der Waals surface area contributed by atoms with Crippen LogP contribution >= 0.6 is 22.9 Å². The van der Waals surface area contributed by atoms with Crippen molar-refractivity contribution in [2.45, 2.75) is 19.0 Å². The number of halogens is 1. The van der Waals surface area contributed by atoms with Gasteiger partial charge in [-0.25, -0.2) is 0 Å². The third-order valence-corrected chi connectivity index (χ3v) is 4.04. The molecule has 0 radical (unpaired) electrons. The maximum Gasteiger partial charge on any atom is 0.262 e. The summed E-state index contributed by atoms with van der Waals surface area (Å²) in [6.07, 6.45) is 3.28. The topological polar surface area (TPSA) is 90.0 Å². The molecule has 1 atom stereocenters. The van der Waals surface area contributed by atoms with Crippen molar-refractivity contribution in [3.63, 3.8) is 0 Å². The van der Waals surface area contributed by atoms with Gasteiger partial charge in [-0.15, -0.1) is 11.3 Å². The van der Waals surface area contributed by atoms with Crippen LogP contribution in [0.1, 0.15) is 16.6 Å². The third kappa shape index (κ3) is 3.17. The Morgan fingerprint density at radius 1 is 1.60 bits per heavy atom. The molecule has 0 spiro atoms. The summed E-state index contributed by atoms with van der Waals surface area (Å²) in [6.45, 7) is 1.71. The number of hydrogen-bond acceptors (Lipinski definition) is 4. The van der Waals surface area contributed by atoms with E-state index < -0.39 is 17.4 Å². The molecule has 1 unspecified atom stereocenters. The van der Waals surface area contributed by atoms with Crippen molar-refractivity contribution in [3.8, 4) is 0 Å². The first-order valence-corrected chi connectivity index (χ1v) is 7.00. The van der Waals surface area contributed by atoms with Gasteiger partial charge in [0, 0.05) is 17.8 Å². The van der Waals surface area contributed by atoms with Crippen molar-refractivity contribution < 1.29 is 9.59 Å². The Bertz CT molecular complexity index is 625. The summed E-state index contributed by atoms with van der Waals surface area (Å²) in [7, 11) is 0. The van der Waals surface area contributed by atoms with Crippen LogP contribution in [0.2, 0.25) is 5.02 Å². The zero-order chi connectivity index (χ0) is 14.8. The van der Waals surface area contributed by atoms with Gasteiger partial charge in [0.15, 0.2) is 0 Å². The number of carbonyl (C=O) groups is 2. The number of nitrogens with one attached hydrogen (secondary N) is 1. The summed E-state index contributed by atoms with van der Waals surface area (Å²) in [4.78, 5) is 24.2. The molecule has 0 saturated carbocycles. The zero-order valence-corrected chi connectivity index (χ0v) is 12.2. The number of hydrogen-bond donors (Lipinski definition) is 2. The molecule has 0 bridgehead atoms. The summed E-state index contributed by atoms with van der Waals surface area (Å²) < 4.78 is 1.53. The average Bonchev–Trinajstić information content (AvgIpc) is 3.00. The molecule has 2 rings (SSSR count). The molecule has 0 saturated heterocycles. The van der Waals surface area contributed by atoms with E-state index in [9.17, 15) is 9.59 Å². The lowest BCUT2D eigenvalue weighted by Crippen LogP contribution is -2.57. The quantitative estimate of drug-likeness (QED) is 0.871. The minimum Gasteiger partial charge on any atom is -0.368 e. The molecule has 2 aromatic heterocycles. The molecule has 106 valence electrons. The normalized spacial score (nSPS) is 13.7. The number of carbonyl (C=O) groups excluding carboxylic acids is 2. The highest BCUT2D eigenvalue weighted by atomic mass is 35.5. The Labute approximate surface area is 124 Å². The Balaban J connectivity index is 2.16. The number of rotatable bonds is 5. The second-order valence-corrected chi connectivity index (χ2v) is 5.83. The monoisotopic (exact) mass is 312 g/mol. The molecule has 0 aliphatic heterocycles. The van der Waals surface area contributed by atoms with Gasteiger partial charge < -0.3 is 11.1 Å². The SMILES string of the molecule is CC(Cn1cccn1)(NC(=O)c1cc(Cl)cs1)C(N)=O. The number of amides is 2. The van der Waals surface area contributed by atoms with Crippen molar-refractivity contribution >= 4 is 34.8 Å². The van der Waals surface area contributed by atoms with Crippen molar-refractivity contribution in [1.29, 1.82) is 0 Å². The molecule has 0 aliphatic rings. The molecular weight excluding hydrogens is 300 g/mol. The molecule has 2 heterocycles. The largest absolute Gasteiger partial charge is 0.368 e. The van der Waals surface area contributed by atoms with E-state index in [0.717, 1.165) is 0 Å². The van der Waals surface area contributed by atoms with Crippen LogP contribution in [0.15, 0.2) is 29.9 Å². The van der Waals surface area contributed by atoms with Crippen LogP contribution in [-0.2, 0) is 11.3 Å². The maximum atomic E-state index is 12.1. The second-order valence-electron chi connectivity index (χ2n) is 4.48. The number of thiophene rings is 1. The Kier molecular flexibility index (Phi) is 4.10. The molecule has 3 N–H and O–H groups in total. The van der Waals surface area contributed by atoms with Crippen molar-refractivity contribution in [2.24, 2.45) is 5.73 Å². The number of nitrogens with zero attached hydrogens (tertiary/aromatic N) is 2. The highest BCUT2D eigenvalue weighted by Gasteiger charge is 2.34. The lowest BCUT2D eigenvalue weighted by Gasteiger charge is -2.27. The second kappa shape index (κ2) is 5.64. The Morgan fingerprint density at radius 2 is 2.35 bits per heavy atom. The summed E-state index contributed by atoms with van der Waals surface area (Å²) in [5, 5.41) is 8.77. The predicted octanol–water partition coefficient (Wildman–Crippen LogP) is 1.27. The maximum absolute atomic E-state index is 12.1. The van der Waals surface area contributed by atoms with Crippen molar-refractivity contribution in [3.05, 3.63) is 39.8 Å². The minimum absolute atomic E-state index is 0.153. The number of primary amides is 1. The Hall–Kier alpha value is -1.86. The summed E-state index contributed by atoms with van der Waals surface area (Å²) in [5.74, 6) is -1.03. The van der Waals surface area contributed by atoms with Crippen molar-refractivity contribution in [2.75, 3.05) is 0 Å². The molecule has 20 heavy (non-hydrogen) atoms. The highest BCUT2D eigenvalue weighted by Crippen LogP contribution is 2.20. The fraction of sp³-hybridized carbons (Fsp3) is 0.250. The van der Waals surface area contributed by atoms with E-state index in [1.54, 1.807) is 30.8 Å². The zero-order valence-electron chi connectivity index (χ0n) is 10.7. The van der Waals surface area contributed by atoms with E-state index in [0.29, 0.717) is 9.90 Å². The van der Waals surface area contributed by atoms with Gasteiger partial charge in [0.2, 0.25) is 5.91 Å². The minimum atomic E-state index is -1.24. The first-order valence-electron chi connectivity index (χ1n) is 5.74. The smallest absolute Gasteiger partial charge is 0.262 e. The van der Waals surface area contributed by atoms with Crippen LogP contribution < -0.4 is 11.1 Å². The molecular formula is C12H13ClN4O2S. The van der Waals surface area contributed by atoms with E-state index in [1.807, 2.05) is 0 Å². The van der Waals surface area contributed by atoms with E-state index in [-0.39, 0.29) is 6.54 Å². The van der Waals surface area contributed by atoms with Crippen LogP contribution in [0.3, 0.4) is 0 Å². The molecule has 2 amide bonds. The fourth-order valence-corrected chi connectivity index (χ4v) is 2.61. The summed E-state index contributed by atoms with van der Waals surface area (Å²) in [5.41, 5.74) is 4.17. The van der Waals surface area contributed by atoms with E-state index in [2.05, 4.69) is 10.4 Å². The standard InChI is InChI=1S/C12H13ClN4O2S/c1-12(11(14)19,7-17-4-2-3-15-17)16-10(18)9-5-8(13)6-20-9/h2-6H,7H2,1H3,(H2,14,19)(H,16,18). The molecule has 2 aromatic rings. The van der Waals surface area contributed by atoms with Gasteiger partial charge in [-0.05, 0) is 19.1 Å². The number of aromatic nitrogens is 2. The van der Waals surface area contributed by atoms with Crippen LogP contribution in [0.25, 0.3) is 0 Å². The first-order chi connectivity index (χ1) is 9.40. The summed E-state index contributed by atoms with van der Waals surface area (Å²) >= 11 is 6.98. The van der Waals surface area contributed by atoms with E-state index in [4.69, 9.17) is 17.3 Å². The van der Waals surface area contributed by atoms with Gasteiger partial charge in [-0.3, -0.25) is 14.3 Å². The van der Waals surface area contributed by atoms with Gasteiger partial charge in [0.25, 0.3) is 5.91 Å². The van der Waals surface area contributed by atoms with Crippen LogP contribution in [0.5, 0.6) is 0 Å². The van der Waals surface area contributed by atoms with E-state index >= 15 is 0 Å². The fourth-order valence-electron chi connectivity index (χ4n) is 1.64. The average molecular weight is 313 g/mol. The van der Waals surface area contributed by atoms with Crippen LogP contribution in [0.4, 0.5) is 0 Å². The van der Waals surface area contributed by atoms with E-state index in [1.165, 1.54) is 22.1 Å². The lowest BCUT2D eigenvalue weighted by atomic mass is 10.0.